The van der Waals surface area contributed by atoms with Gasteiger partial charge in [0, 0.05) is 32.9 Å². The highest BCUT2D eigenvalue weighted by atomic mass is 35.5. The molecule has 1 fully saturated rings. The fourth-order valence-corrected chi connectivity index (χ4v) is 3.35. The first-order valence-corrected chi connectivity index (χ1v) is 7.31. The van der Waals surface area contributed by atoms with E-state index in [1.807, 2.05) is 6.07 Å². The van der Waals surface area contributed by atoms with Gasteiger partial charge >= 0.3 is 0 Å². The molecule has 96 valence electrons. The lowest BCUT2D eigenvalue weighted by atomic mass is 9.92. The molecule has 0 amide bonds. The molecule has 2 aromatic carbocycles. The van der Waals surface area contributed by atoms with Gasteiger partial charge in [0.1, 0.15) is 0 Å². The van der Waals surface area contributed by atoms with E-state index in [0.29, 0.717) is 6.04 Å². The molecule has 1 heterocycles. The van der Waals surface area contributed by atoms with Crippen LogP contribution >= 0.6 is 11.6 Å². The molecule has 0 aliphatic heterocycles. The third kappa shape index (κ3) is 1.61. The molecule has 1 aromatic heterocycles. The Labute approximate surface area is 117 Å². The van der Waals surface area contributed by atoms with Gasteiger partial charge in [-0.1, -0.05) is 23.2 Å². The van der Waals surface area contributed by atoms with Gasteiger partial charge in [-0.2, -0.15) is 0 Å². The van der Waals surface area contributed by atoms with Crippen molar-refractivity contribution in [2.45, 2.75) is 32.2 Å². The summed E-state index contributed by atoms with van der Waals surface area (Å²) in [7, 11) is 0. The predicted octanol–water partition coefficient (Wildman–Crippen LogP) is 5.48. The lowest BCUT2D eigenvalue weighted by Crippen LogP contribution is -2.16. The normalized spacial score (nSPS) is 16.1. The Kier molecular flexibility index (Phi) is 2.40. The molecule has 1 saturated carbocycles. The van der Waals surface area contributed by atoms with E-state index in [-0.39, 0.29) is 0 Å². The molecular formula is C17H16ClN. The van der Waals surface area contributed by atoms with Gasteiger partial charge in [0.2, 0.25) is 0 Å². The maximum absolute atomic E-state index is 6.19. The van der Waals surface area contributed by atoms with E-state index in [1.165, 1.54) is 46.6 Å². The summed E-state index contributed by atoms with van der Waals surface area (Å²) in [6.45, 7) is 2.15. The highest BCUT2D eigenvalue weighted by Crippen LogP contribution is 2.40. The average Bonchev–Trinajstić information content (AvgIpc) is 2.62. The molecule has 0 N–H and O–H groups in total. The Morgan fingerprint density at radius 3 is 2.37 bits per heavy atom. The summed E-state index contributed by atoms with van der Waals surface area (Å²) in [6, 6.07) is 13.7. The minimum Gasteiger partial charge on any atom is -0.337 e. The molecule has 1 nitrogen and oxygen atoms in total. The van der Waals surface area contributed by atoms with E-state index >= 15 is 0 Å². The van der Waals surface area contributed by atoms with Crippen molar-refractivity contribution in [3.8, 4) is 0 Å². The van der Waals surface area contributed by atoms with E-state index in [0.717, 1.165) is 5.02 Å². The highest BCUT2D eigenvalue weighted by molar-refractivity contribution is 6.31. The van der Waals surface area contributed by atoms with Crippen LogP contribution in [0.25, 0.3) is 21.8 Å². The first-order chi connectivity index (χ1) is 9.24. The smallest absolute Gasteiger partial charge is 0.0495 e. The number of hydrogen-bond acceptors (Lipinski definition) is 0. The van der Waals surface area contributed by atoms with Crippen LogP contribution in [0.5, 0.6) is 0 Å². The van der Waals surface area contributed by atoms with E-state index in [2.05, 4.69) is 41.8 Å². The van der Waals surface area contributed by atoms with Crippen molar-refractivity contribution in [3.63, 3.8) is 0 Å². The summed E-state index contributed by atoms with van der Waals surface area (Å²) in [4.78, 5) is 0. The molecule has 0 unspecified atom stereocenters. The Morgan fingerprint density at radius 2 is 1.68 bits per heavy atom. The number of hydrogen-bond donors (Lipinski definition) is 0. The number of benzene rings is 2. The molecule has 0 saturated heterocycles. The number of halogens is 1. The summed E-state index contributed by atoms with van der Waals surface area (Å²) in [5, 5.41) is 3.45. The second kappa shape index (κ2) is 4.01. The van der Waals surface area contributed by atoms with Crippen molar-refractivity contribution in [1.82, 2.24) is 4.57 Å². The van der Waals surface area contributed by atoms with Gasteiger partial charge in [-0.3, -0.25) is 0 Å². The Bertz CT molecular complexity index is 721. The zero-order valence-electron chi connectivity index (χ0n) is 11.0. The number of nitrogens with zero attached hydrogens (tertiary/aromatic N) is 1. The monoisotopic (exact) mass is 269 g/mol. The summed E-state index contributed by atoms with van der Waals surface area (Å²) >= 11 is 6.19. The predicted molar refractivity (Wildman–Crippen MR) is 82.1 cm³/mol. The summed E-state index contributed by atoms with van der Waals surface area (Å²) < 4.78 is 2.52. The minimum atomic E-state index is 0.670. The van der Waals surface area contributed by atoms with Gasteiger partial charge in [0.05, 0.1) is 0 Å². The lowest BCUT2D eigenvalue weighted by molar-refractivity contribution is 0.328. The van der Waals surface area contributed by atoms with Gasteiger partial charge in [-0.15, -0.1) is 0 Å². The molecule has 4 rings (SSSR count). The van der Waals surface area contributed by atoms with Crippen LogP contribution in [0.2, 0.25) is 5.02 Å². The first kappa shape index (κ1) is 11.4. The molecule has 1 aliphatic rings. The fourth-order valence-electron chi connectivity index (χ4n) is 3.18. The molecule has 3 aromatic rings. The SMILES string of the molecule is Cc1ccc2c(c1)c1cc(Cl)ccc1n2C1CCC1. The van der Waals surface area contributed by atoms with E-state index < -0.39 is 0 Å². The highest BCUT2D eigenvalue weighted by Gasteiger charge is 2.23. The van der Waals surface area contributed by atoms with Gasteiger partial charge in [-0.05, 0) is 56.5 Å². The topological polar surface area (TPSA) is 4.93 Å². The summed E-state index contributed by atoms with van der Waals surface area (Å²) in [6.07, 6.45) is 3.95. The van der Waals surface area contributed by atoms with Crippen LogP contribution in [-0.2, 0) is 0 Å². The van der Waals surface area contributed by atoms with Crippen LogP contribution < -0.4 is 0 Å². The van der Waals surface area contributed by atoms with Gasteiger partial charge < -0.3 is 4.57 Å². The van der Waals surface area contributed by atoms with Crippen LogP contribution in [0, 0.1) is 6.92 Å². The molecule has 0 bridgehead atoms. The Morgan fingerprint density at radius 1 is 1.00 bits per heavy atom. The first-order valence-electron chi connectivity index (χ1n) is 6.94. The molecule has 0 spiro atoms. The van der Waals surface area contributed by atoms with Crippen molar-refractivity contribution < 1.29 is 0 Å². The molecule has 2 heteroatoms. The number of aryl methyl sites for hydroxylation is 1. The quantitative estimate of drug-likeness (QED) is 0.551. The number of fused-ring (bicyclic) bond motifs is 3. The molecular weight excluding hydrogens is 254 g/mol. The van der Waals surface area contributed by atoms with Gasteiger partial charge in [0.15, 0.2) is 0 Å². The third-order valence-electron chi connectivity index (χ3n) is 4.36. The lowest BCUT2D eigenvalue weighted by Gasteiger charge is -2.29. The molecule has 0 atom stereocenters. The van der Waals surface area contributed by atoms with Crippen molar-refractivity contribution in [2.75, 3.05) is 0 Å². The van der Waals surface area contributed by atoms with Crippen molar-refractivity contribution in [2.24, 2.45) is 0 Å². The Balaban J connectivity index is 2.16. The van der Waals surface area contributed by atoms with Crippen LogP contribution in [0.4, 0.5) is 0 Å². The number of aromatic nitrogens is 1. The van der Waals surface area contributed by atoms with Crippen LogP contribution in [0.3, 0.4) is 0 Å². The summed E-state index contributed by atoms with van der Waals surface area (Å²) in [5.41, 5.74) is 3.99. The second-order valence-electron chi connectivity index (χ2n) is 5.64. The molecule has 0 radical (unpaired) electrons. The Hall–Kier alpha value is -1.47. The fraction of sp³-hybridized carbons (Fsp3) is 0.294. The number of rotatable bonds is 1. The van der Waals surface area contributed by atoms with E-state index in [4.69, 9.17) is 11.6 Å². The zero-order chi connectivity index (χ0) is 13.0. The largest absolute Gasteiger partial charge is 0.337 e. The van der Waals surface area contributed by atoms with Crippen molar-refractivity contribution in [1.29, 1.82) is 0 Å². The maximum atomic E-state index is 6.19. The molecule has 1 aliphatic carbocycles. The van der Waals surface area contributed by atoms with E-state index in [1.54, 1.807) is 0 Å². The average molecular weight is 270 g/mol. The van der Waals surface area contributed by atoms with Crippen molar-refractivity contribution in [3.05, 3.63) is 47.0 Å². The molecule has 19 heavy (non-hydrogen) atoms. The van der Waals surface area contributed by atoms with Crippen molar-refractivity contribution >= 4 is 33.4 Å². The third-order valence-corrected chi connectivity index (χ3v) is 4.59. The van der Waals surface area contributed by atoms with Crippen LogP contribution in [0.1, 0.15) is 30.9 Å². The minimum absolute atomic E-state index is 0.670. The maximum Gasteiger partial charge on any atom is 0.0495 e. The van der Waals surface area contributed by atoms with Gasteiger partial charge in [0.25, 0.3) is 0 Å². The standard InChI is InChI=1S/C17H16ClN/c1-11-5-7-16-14(9-11)15-10-12(18)6-8-17(15)19(16)13-3-2-4-13/h5-10,13H,2-4H2,1H3. The summed E-state index contributed by atoms with van der Waals surface area (Å²) in [5.74, 6) is 0. The zero-order valence-corrected chi connectivity index (χ0v) is 11.7. The van der Waals surface area contributed by atoms with Crippen LogP contribution in [-0.4, -0.2) is 4.57 Å². The van der Waals surface area contributed by atoms with Crippen LogP contribution in [0.15, 0.2) is 36.4 Å². The second-order valence-corrected chi connectivity index (χ2v) is 6.07. The van der Waals surface area contributed by atoms with Gasteiger partial charge in [-0.25, -0.2) is 0 Å². The van der Waals surface area contributed by atoms with E-state index in [9.17, 15) is 0 Å².